The molecule has 0 spiro atoms. The zero-order valence-corrected chi connectivity index (χ0v) is 19.5. The molecule has 0 aliphatic carbocycles. The van der Waals surface area contributed by atoms with Crippen molar-refractivity contribution in [2.24, 2.45) is 5.92 Å². The van der Waals surface area contributed by atoms with Crippen molar-refractivity contribution in [2.45, 2.75) is 58.4 Å². The molecular weight excluding hydrogens is 442 g/mol. The minimum atomic E-state index is -2.74. The van der Waals surface area contributed by atoms with E-state index in [1.807, 2.05) is 32.0 Å². The number of pyridine rings is 1. The van der Waals surface area contributed by atoms with Gasteiger partial charge in [-0.05, 0) is 62.3 Å². The fourth-order valence-electron chi connectivity index (χ4n) is 4.74. The van der Waals surface area contributed by atoms with Gasteiger partial charge in [0.15, 0.2) is 0 Å². The van der Waals surface area contributed by atoms with Crippen molar-refractivity contribution in [3.05, 3.63) is 52.8 Å². The van der Waals surface area contributed by atoms with E-state index in [0.29, 0.717) is 25.8 Å². The summed E-state index contributed by atoms with van der Waals surface area (Å²) in [7, 11) is 0. The molecule has 0 bridgehead atoms. The van der Waals surface area contributed by atoms with Crippen molar-refractivity contribution < 1.29 is 23.2 Å². The molecule has 2 aliphatic heterocycles. The maximum absolute atomic E-state index is 13.3. The number of anilines is 2. The molecular formula is C25H28F2N4O3. The SMILES string of the molecule is Cc1ncc(NC(=O)C(=O)N2C[C@@H](C)CC[C@@]2(C)c2ccc3c(c2)CCC(=O)N3)cc1C(F)F. The number of aromatic nitrogens is 1. The van der Waals surface area contributed by atoms with Crippen molar-refractivity contribution in [2.75, 3.05) is 17.2 Å². The van der Waals surface area contributed by atoms with E-state index >= 15 is 0 Å². The van der Waals surface area contributed by atoms with Gasteiger partial charge in [0.05, 0.1) is 17.4 Å². The van der Waals surface area contributed by atoms with E-state index in [1.165, 1.54) is 13.1 Å². The second-order valence-corrected chi connectivity index (χ2v) is 9.41. The number of carbonyl (C=O) groups is 3. The highest BCUT2D eigenvalue weighted by molar-refractivity contribution is 6.39. The second-order valence-electron chi connectivity index (χ2n) is 9.41. The van der Waals surface area contributed by atoms with E-state index in [-0.39, 0.29) is 28.8 Å². The summed E-state index contributed by atoms with van der Waals surface area (Å²) in [6, 6.07) is 6.88. The van der Waals surface area contributed by atoms with Gasteiger partial charge < -0.3 is 15.5 Å². The highest BCUT2D eigenvalue weighted by Gasteiger charge is 2.43. The summed E-state index contributed by atoms with van der Waals surface area (Å²) in [5, 5.41) is 5.31. The van der Waals surface area contributed by atoms with E-state index in [2.05, 4.69) is 15.6 Å². The third-order valence-electron chi connectivity index (χ3n) is 6.89. The Kier molecular flexibility index (Phi) is 6.38. The Labute approximate surface area is 196 Å². The van der Waals surface area contributed by atoms with Gasteiger partial charge in [0.1, 0.15) is 0 Å². The molecule has 2 aliphatic rings. The number of nitrogens with zero attached hydrogens (tertiary/aromatic N) is 2. The van der Waals surface area contributed by atoms with Gasteiger partial charge in [0.2, 0.25) is 5.91 Å². The quantitative estimate of drug-likeness (QED) is 0.654. The Morgan fingerprint density at radius 3 is 2.76 bits per heavy atom. The molecule has 2 aromatic rings. The third kappa shape index (κ3) is 4.51. The van der Waals surface area contributed by atoms with E-state index in [4.69, 9.17) is 0 Å². The minimum Gasteiger partial charge on any atom is -0.326 e. The first-order valence-electron chi connectivity index (χ1n) is 11.4. The molecule has 9 heteroatoms. The van der Waals surface area contributed by atoms with Crippen LogP contribution in [-0.2, 0) is 26.3 Å². The predicted octanol–water partition coefficient (Wildman–Crippen LogP) is 4.32. The van der Waals surface area contributed by atoms with Crippen LogP contribution < -0.4 is 10.6 Å². The van der Waals surface area contributed by atoms with Crippen molar-refractivity contribution in [1.29, 1.82) is 0 Å². The van der Waals surface area contributed by atoms with Crippen LogP contribution >= 0.6 is 0 Å². The molecule has 0 unspecified atom stereocenters. The number of carbonyl (C=O) groups excluding carboxylic acids is 3. The van der Waals surface area contributed by atoms with Crippen LogP contribution in [0, 0.1) is 12.8 Å². The van der Waals surface area contributed by atoms with Gasteiger partial charge in [-0.3, -0.25) is 19.4 Å². The zero-order valence-electron chi connectivity index (χ0n) is 19.5. The van der Waals surface area contributed by atoms with Crippen LogP contribution in [0.4, 0.5) is 20.2 Å². The number of amides is 3. The van der Waals surface area contributed by atoms with Gasteiger partial charge in [0.25, 0.3) is 6.43 Å². The van der Waals surface area contributed by atoms with Gasteiger partial charge in [-0.25, -0.2) is 8.78 Å². The number of aryl methyl sites for hydroxylation is 2. The van der Waals surface area contributed by atoms with E-state index < -0.39 is 23.8 Å². The van der Waals surface area contributed by atoms with Crippen LogP contribution in [0.3, 0.4) is 0 Å². The highest BCUT2D eigenvalue weighted by Crippen LogP contribution is 2.41. The fourth-order valence-corrected chi connectivity index (χ4v) is 4.74. The van der Waals surface area contributed by atoms with E-state index in [9.17, 15) is 23.2 Å². The number of nitrogens with one attached hydrogen (secondary N) is 2. The maximum atomic E-state index is 13.3. The molecule has 2 atom stereocenters. The number of fused-ring (bicyclic) bond motifs is 1. The van der Waals surface area contributed by atoms with Crippen molar-refractivity contribution in [1.82, 2.24) is 9.88 Å². The number of piperidine rings is 1. The zero-order chi connectivity index (χ0) is 24.6. The molecule has 0 saturated carbocycles. The van der Waals surface area contributed by atoms with Crippen LogP contribution in [-0.4, -0.2) is 34.2 Å². The Morgan fingerprint density at radius 2 is 2.03 bits per heavy atom. The molecule has 1 saturated heterocycles. The Bertz CT molecular complexity index is 1150. The van der Waals surface area contributed by atoms with Gasteiger partial charge in [0, 0.05) is 29.9 Å². The summed E-state index contributed by atoms with van der Waals surface area (Å²) in [6.45, 7) is 5.82. The first-order valence-corrected chi connectivity index (χ1v) is 11.4. The summed E-state index contributed by atoms with van der Waals surface area (Å²) < 4.78 is 26.4. The monoisotopic (exact) mass is 470 g/mol. The first kappa shape index (κ1) is 23.8. The standard InChI is InChI=1S/C25H28F2N4O3/c1-14-8-9-25(3,17-5-6-20-16(10-17)4-7-21(32)30-20)31(13-14)24(34)23(33)29-18-11-19(22(26)27)15(2)28-12-18/h5-6,10-12,14,22H,4,7-9,13H2,1-3H3,(H,29,33)(H,30,32)/t14-,25-/m0/s1. The normalized spacial score (nSPS) is 22.2. The fraction of sp³-hybridized carbons (Fsp3) is 0.440. The predicted molar refractivity (Wildman–Crippen MR) is 123 cm³/mol. The van der Waals surface area contributed by atoms with Crippen molar-refractivity contribution in [3.63, 3.8) is 0 Å². The van der Waals surface area contributed by atoms with Crippen LogP contribution in [0.1, 0.15) is 61.9 Å². The molecule has 2 N–H and O–H groups in total. The molecule has 3 heterocycles. The van der Waals surface area contributed by atoms with Gasteiger partial charge >= 0.3 is 11.8 Å². The van der Waals surface area contributed by atoms with Crippen LogP contribution in [0.5, 0.6) is 0 Å². The van der Waals surface area contributed by atoms with E-state index in [0.717, 1.165) is 29.3 Å². The summed E-state index contributed by atoms with van der Waals surface area (Å²) in [4.78, 5) is 43.4. The van der Waals surface area contributed by atoms with E-state index in [1.54, 1.807) is 4.90 Å². The lowest BCUT2D eigenvalue weighted by atomic mass is 9.78. The summed E-state index contributed by atoms with van der Waals surface area (Å²) >= 11 is 0. The molecule has 7 nitrogen and oxygen atoms in total. The Balaban J connectivity index is 1.60. The molecule has 4 rings (SSSR count). The third-order valence-corrected chi connectivity index (χ3v) is 6.89. The molecule has 1 fully saturated rings. The maximum Gasteiger partial charge on any atom is 0.313 e. The lowest BCUT2D eigenvalue weighted by Gasteiger charge is -2.47. The van der Waals surface area contributed by atoms with Gasteiger partial charge in [-0.15, -0.1) is 0 Å². The molecule has 3 amide bonds. The largest absolute Gasteiger partial charge is 0.326 e. The van der Waals surface area contributed by atoms with Gasteiger partial charge in [-0.1, -0.05) is 19.1 Å². The number of likely N-dealkylation sites (tertiary alicyclic amines) is 1. The average Bonchev–Trinajstić information content (AvgIpc) is 2.80. The minimum absolute atomic E-state index is 0.0213. The molecule has 1 aromatic heterocycles. The summed E-state index contributed by atoms with van der Waals surface area (Å²) in [5.41, 5.74) is 1.87. The smallest absolute Gasteiger partial charge is 0.313 e. The van der Waals surface area contributed by atoms with Crippen molar-refractivity contribution in [3.8, 4) is 0 Å². The van der Waals surface area contributed by atoms with Crippen LogP contribution in [0.2, 0.25) is 0 Å². The number of halogens is 2. The van der Waals surface area contributed by atoms with Crippen molar-refractivity contribution >= 4 is 29.1 Å². The lowest BCUT2D eigenvalue weighted by molar-refractivity contribution is -0.150. The van der Waals surface area contributed by atoms with Gasteiger partial charge in [-0.2, -0.15) is 0 Å². The number of benzene rings is 1. The highest BCUT2D eigenvalue weighted by atomic mass is 19.3. The second kappa shape index (κ2) is 9.12. The topological polar surface area (TPSA) is 91.4 Å². The average molecular weight is 471 g/mol. The number of hydrogen-bond donors (Lipinski definition) is 2. The lowest BCUT2D eigenvalue weighted by Crippen LogP contribution is -2.55. The summed E-state index contributed by atoms with van der Waals surface area (Å²) in [5.74, 6) is -1.43. The summed E-state index contributed by atoms with van der Waals surface area (Å²) in [6.07, 6.45) is 1.10. The first-order chi connectivity index (χ1) is 16.1. The Hall–Kier alpha value is -3.36. The Morgan fingerprint density at radius 1 is 1.26 bits per heavy atom. The molecule has 180 valence electrons. The number of rotatable bonds is 3. The van der Waals surface area contributed by atoms with Crippen LogP contribution in [0.15, 0.2) is 30.5 Å². The molecule has 34 heavy (non-hydrogen) atoms. The molecule has 0 radical (unpaired) electrons. The number of alkyl halides is 2. The number of hydrogen-bond acceptors (Lipinski definition) is 4. The van der Waals surface area contributed by atoms with Crippen LogP contribution in [0.25, 0.3) is 0 Å². The molecule has 1 aromatic carbocycles.